The van der Waals surface area contributed by atoms with Crippen molar-refractivity contribution in [3.63, 3.8) is 0 Å². The van der Waals surface area contributed by atoms with Crippen LogP contribution in [-0.4, -0.2) is 7.11 Å². The molecular formula is C47H30O. The van der Waals surface area contributed by atoms with Gasteiger partial charge in [0.2, 0.25) is 0 Å². The molecule has 1 heteroatoms. The van der Waals surface area contributed by atoms with Crippen molar-refractivity contribution in [3.05, 3.63) is 164 Å². The van der Waals surface area contributed by atoms with E-state index in [4.69, 9.17) is 4.74 Å². The van der Waals surface area contributed by atoms with E-state index < -0.39 is 0 Å². The zero-order valence-electron chi connectivity index (χ0n) is 26.5. The molecule has 0 amide bonds. The quantitative estimate of drug-likeness (QED) is 0.143. The largest absolute Gasteiger partial charge is 0.497 e. The van der Waals surface area contributed by atoms with Crippen molar-refractivity contribution in [2.45, 2.75) is 0 Å². The fourth-order valence-electron chi connectivity index (χ4n) is 8.20. The van der Waals surface area contributed by atoms with Gasteiger partial charge in [0.15, 0.2) is 0 Å². The number of ether oxygens (including phenoxy) is 1. The van der Waals surface area contributed by atoms with Crippen LogP contribution in [0.2, 0.25) is 0 Å². The lowest BCUT2D eigenvalue weighted by molar-refractivity contribution is 0.415. The third kappa shape index (κ3) is 3.85. The Balaban J connectivity index is 1.39. The van der Waals surface area contributed by atoms with Crippen molar-refractivity contribution < 1.29 is 4.74 Å². The fourth-order valence-corrected chi connectivity index (χ4v) is 8.20. The van der Waals surface area contributed by atoms with E-state index >= 15 is 0 Å². The second-order valence-corrected chi connectivity index (χ2v) is 12.8. The Morgan fingerprint density at radius 2 is 0.854 bits per heavy atom. The summed E-state index contributed by atoms with van der Waals surface area (Å²) < 4.78 is 5.69. The van der Waals surface area contributed by atoms with Crippen molar-refractivity contribution in [1.29, 1.82) is 0 Å². The summed E-state index contributed by atoms with van der Waals surface area (Å²) in [5, 5.41) is 17.6. The van der Waals surface area contributed by atoms with Crippen molar-refractivity contribution in [2.24, 2.45) is 0 Å². The molecule has 0 aliphatic rings. The van der Waals surface area contributed by atoms with Gasteiger partial charge in [0.25, 0.3) is 0 Å². The van der Waals surface area contributed by atoms with E-state index in [-0.39, 0.29) is 0 Å². The van der Waals surface area contributed by atoms with Gasteiger partial charge in [-0.1, -0.05) is 140 Å². The third-order valence-electron chi connectivity index (χ3n) is 10.3. The van der Waals surface area contributed by atoms with Gasteiger partial charge in [-0.05, 0) is 122 Å². The number of rotatable bonds is 3. The van der Waals surface area contributed by atoms with Gasteiger partial charge in [0.05, 0.1) is 7.11 Å². The average molecular weight is 611 g/mol. The fraction of sp³-hybridized carbons (Fsp3) is 0.0213. The molecule has 0 bridgehead atoms. The molecule has 0 atom stereocenters. The summed E-state index contributed by atoms with van der Waals surface area (Å²) in [6.07, 6.45) is 0. The van der Waals surface area contributed by atoms with Gasteiger partial charge in [-0.15, -0.1) is 0 Å². The van der Waals surface area contributed by atoms with Gasteiger partial charge in [-0.2, -0.15) is 0 Å². The van der Waals surface area contributed by atoms with E-state index in [9.17, 15) is 0 Å². The van der Waals surface area contributed by atoms with Crippen LogP contribution in [0, 0.1) is 0 Å². The molecule has 224 valence electrons. The molecule has 1 nitrogen and oxygen atoms in total. The van der Waals surface area contributed by atoms with Crippen LogP contribution in [0.25, 0.3) is 97.7 Å². The molecule has 0 saturated heterocycles. The second kappa shape index (κ2) is 10.4. The normalized spacial score (nSPS) is 11.9. The van der Waals surface area contributed by atoms with Crippen molar-refractivity contribution in [2.75, 3.05) is 7.11 Å². The molecule has 0 unspecified atom stereocenters. The summed E-state index contributed by atoms with van der Waals surface area (Å²) >= 11 is 0. The predicted octanol–water partition coefficient (Wildman–Crippen LogP) is 13.1. The van der Waals surface area contributed by atoms with Crippen LogP contribution in [0.15, 0.2) is 164 Å². The Bertz CT molecular complexity index is 2880. The topological polar surface area (TPSA) is 9.23 Å². The van der Waals surface area contributed by atoms with E-state index in [0.29, 0.717) is 0 Å². The first-order valence-electron chi connectivity index (χ1n) is 16.6. The maximum Gasteiger partial charge on any atom is 0.119 e. The van der Waals surface area contributed by atoms with Crippen LogP contribution >= 0.6 is 0 Å². The van der Waals surface area contributed by atoms with Gasteiger partial charge < -0.3 is 4.74 Å². The minimum Gasteiger partial charge on any atom is -0.497 e. The van der Waals surface area contributed by atoms with Gasteiger partial charge in [0, 0.05) is 0 Å². The molecule has 0 fully saturated rings. The highest BCUT2D eigenvalue weighted by atomic mass is 16.5. The van der Waals surface area contributed by atoms with E-state index in [2.05, 4.69) is 164 Å². The van der Waals surface area contributed by atoms with Gasteiger partial charge in [0.1, 0.15) is 5.75 Å². The maximum absolute atomic E-state index is 5.69. The highest BCUT2D eigenvalue weighted by molar-refractivity contribution is 6.34. The van der Waals surface area contributed by atoms with E-state index in [1.807, 2.05) is 0 Å². The molecule has 10 aromatic carbocycles. The summed E-state index contributed by atoms with van der Waals surface area (Å²) in [4.78, 5) is 0. The predicted molar refractivity (Wildman–Crippen MR) is 206 cm³/mol. The second-order valence-electron chi connectivity index (χ2n) is 12.8. The lowest BCUT2D eigenvalue weighted by Crippen LogP contribution is -1.93. The Morgan fingerprint density at radius 3 is 1.52 bits per heavy atom. The molecular weight excluding hydrogens is 581 g/mol. The van der Waals surface area contributed by atoms with Crippen LogP contribution in [0.3, 0.4) is 0 Å². The van der Waals surface area contributed by atoms with E-state index in [1.165, 1.54) is 97.7 Å². The number of fused-ring (bicyclic) bond motifs is 11. The summed E-state index contributed by atoms with van der Waals surface area (Å²) in [5.74, 6) is 0.873. The molecule has 0 N–H and O–H groups in total. The van der Waals surface area contributed by atoms with Crippen molar-refractivity contribution >= 4 is 75.4 Å². The highest BCUT2D eigenvalue weighted by Gasteiger charge is 2.21. The maximum atomic E-state index is 5.69. The first-order valence-corrected chi connectivity index (χ1v) is 16.6. The molecule has 0 aliphatic carbocycles. The van der Waals surface area contributed by atoms with Crippen LogP contribution in [0.4, 0.5) is 0 Å². The SMILES string of the molecule is COc1ccc2c(c1)c1ccccc1c1cc(-c3c4ccccc4c(-c4ccc5ccccc5c4)c4ccccc34)c3ccccc3c21. The minimum atomic E-state index is 0.873. The number of hydrogen-bond acceptors (Lipinski definition) is 1. The first-order chi connectivity index (χ1) is 23.8. The summed E-state index contributed by atoms with van der Waals surface area (Å²) in [5.41, 5.74) is 5.06. The van der Waals surface area contributed by atoms with Gasteiger partial charge in [-0.25, -0.2) is 0 Å². The Kier molecular flexibility index (Phi) is 5.86. The lowest BCUT2D eigenvalue weighted by atomic mass is 9.82. The number of benzene rings is 10. The molecule has 48 heavy (non-hydrogen) atoms. The molecule has 0 aliphatic heterocycles. The zero-order chi connectivity index (χ0) is 31.8. The number of hydrogen-bond donors (Lipinski definition) is 0. The summed E-state index contributed by atoms with van der Waals surface area (Å²) in [6.45, 7) is 0. The first kappa shape index (κ1) is 27.0. The van der Waals surface area contributed by atoms with Crippen LogP contribution in [0.1, 0.15) is 0 Å². The smallest absolute Gasteiger partial charge is 0.119 e. The van der Waals surface area contributed by atoms with E-state index in [0.717, 1.165) is 5.75 Å². The van der Waals surface area contributed by atoms with Gasteiger partial charge >= 0.3 is 0 Å². The number of methoxy groups -OCH3 is 1. The summed E-state index contributed by atoms with van der Waals surface area (Å²) in [7, 11) is 1.74. The van der Waals surface area contributed by atoms with Crippen molar-refractivity contribution in [3.8, 4) is 28.0 Å². The monoisotopic (exact) mass is 610 g/mol. The highest BCUT2D eigenvalue weighted by Crippen LogP contribution is 2.49. The lowest BCUT2D eigenvalue weighted by Gasteiger charge is -2.21. The molecule has 0 saturated carbocycles. The summed E-state index contributed by atoms with van der Waals surface area (Å²) in [6, 6.07) is 60.2. The Hall–Kier alpha value is -6.18. The minimum absolute atomic E-state index is 0.873. The standard InChI is InChI=1S/C47H30O/c1-48-32-24-25-41-42(27-32)33-14-4-5-15-34(33)43-28-44(35-16-6-7-17-36(35)46(41)43)47-39-20-10-8-18-37(39)45(38-19-9-11-21-40(38)47)31-23-22-29-12-2-3-13-30(29)26-31/h2-28H,1H3. The van der Waals surface area contributed by atoms with Crippen molar-refractivity contribution in [1.82, 2.24) is 0 Å². The van der Waals surface area contributed by atoms with E-state index in [1.54, 1.807) is 7.11 Å². The zero-order valence-corrected chi connectivity index (χ0v) is 26.5. The molecule has 10 aromatic rings. The molecule has 0 aromatic heterocycles. The Morgan fingerprint density at radius 1 is 0.333 bits per heavy atom. The van der Waals surface area contributed by atoms with Crippen LogP contribution in [0.5, 0.6) is 5.75 Å². The van der Waals surface area contributed by atoms with Gasteiger partial charge in [-0.3, -0.25) is 0 Å². The Labute approximate surface area is 278 Å². The molecule has 0 spiro atoms. The molecule has 0 radical (unpaired) electrons. The molecule has 0 heterocycles. The van der Waals surface area contributed by atoms with Crippen LogP contribution < -0.4 is 4.74 Å². The van der Waals surface area contributed by atoms with Crippen LogP contribution in [-0.2, 0) is 0 Å². The average Bonchev–Trinajstić information content (AvgIpc) is 3.16. The molecule has 10 rings (SSSR count). The third-order valence-corrected chi connectivity index (χ3v) is 10.3.